The van der Waals surface area contributed by atoms with Crippen LogP contribution in [0.2, 0.25) is 0 Å². The van der Waals surface area contributed by atoms with Crippen molar-refractivity contribution in [1.29, 1.82) is 5.41 Å². The van der Waals surface area contributed by atoms with Crippen molar-refractivity contribution in [2.24, 2.45) is 0 Å². The molecule has 0 aliphatic rings. The van der Waals surface area contributed by atoms with Crippen molar-refractivity contribution in [3.05, 3.63) is 33.9 Å². The molecule has 0 aliphatic heterocycles. The highest BCUT2D eigenvalue weighted by Crippen LogP contribution is 2.23. The van der Waals surface area contributed by atoms with Gasteiger partial charge in [0.15, 0.2) is 0 Å². The second-order valence-corrected chi connectivity index (χ2v) is 3.22. The Morgan fingerprint density at radius 1 is 1.56 bits per heavy atom. The second-order valence-electron chi connectivity index (χ2n) is 3.22. The molecule has 0 spiro atoms. The zero-order chi connectivity index (χ0) is 12.3. The van der Waals surface area contributed by atoms with Crippen LogP contribution in [0.25, 0.3) is 0 Å². The molecule has 0 radical (unpaired) electrons. The van der Waals surface area contributed by atoms with Gasteiger partial charge in [0.1, 0.15) is 0 Å². The van der Waals surface area contributed by atoms with Gasteiger partial charge < -0.3 is 10.3 Å². The number of carbonyl (C=O) groups excluding carboxylic acids is 1. The molecular weight excluding hydrogens is 210 g/mol. The highest BCUT2D eigenvalue weighted by atomic mass is 16.6. The predicted octanol–water partition coefficient (Wildman–Crippen LogP) is 1.58. The number of non-ortho nitro benzene ring substituents is 1. The van der Waals surface area contributed by atoms with Crippen LogP contribution < -0.4 is 4.90 Å². The van der Waals surface area contributed by atoms with Gasteiger partial charge in [0, 0.05) is 37.9 Å². The van der Waals surface area contributed by atoms with Crippen molar-refractivity contribution >= 4 is 23.5 Å². The van der Waals surface area contributed by atoms with Crippen LogP contribution in [-0.4, -0.2) is 24.1 Å². The van der Waals surface area contributed by atoms with Crippen LogP contribution in [0.3, 0.4) is 0 Å². The number of nitro groups is 1. The SMILES string of the molecule is CC(=O)N(C)c1ccc([N+](=O)[O-])cc1C=N. The van der Waals surface area contributed by atoms with Gasteiger partial charge in [0.2, 0.25) is 5.91 Å². The molecule has 6 nitrogen and oxygen atoms in total. The van der Waals surface area contributed by atoms with E-state index in [1.54, 1.807) is 7.05 Å². The molecule has 1 aromatic carbocycles. The van der Waals surface area contributed by atoms with Gasteiger partial charge in [-0.05, 0) is 6.07 Å². The number of nitro benzene ring substituents is 1. The molecule has 1 N–H and O–H groups in total. The van der Waals surface area contributed by atoms with E-state index in [-0.39, 0.29) is 11.6 Å². The standard InChI is InChI=1S/C10H11N3O3/c1-7(14)12(2)10-4-3-9(13(15)16)5-8(10)6-11/h3-6,11H,1-2H3. The Balaban J connectivity index is 3.26. The predicted molar refractivity (Wildman–Crippen MR) is 60.1 cm³/mol. The number of amides is 1. The number of rotatable bonds is 3. The van der Waals surface area contributed by atoms with Crippen molar-refractivity contribution in [3.8, 4) is 0 Å². The van der Waals surface area contributed by atoms with Gasteiger partial charge in [-0.25, -0.2) is 0 Å². The maximum Gasteiger partial charge on any atom is 0.270 e. The molecule has 1 amide bonds. The molecule has 84 valence electrons. The fraction of sp³-hybridized carbons (Fsp3) is 0.200. The van der Waals surface area contributed by atoms with E-state index in [2.05, 4.69) is 0 Å². The molecule has 0 aromatic heterocycles. The third-order valence-electron chi connectivity index (χ3n) is 2.21. The Bertz CT molecular complexity index is 457. The van der Waals surface area contributed by atoms with E-state index in [1.807, 2.05) is 0 Å². The summed E-state index contributed by atoms with van der Waals surface area (Å²) in [7, 11) is 1.55. The highest BCUT2D eigenvalue weighted by Gasteiger charge is 2.14. The zero-order valence-electron chi connectivity index (χ0n) is 8.93. The van der Waals surface area contributed by atoms with E-state index in [9.17, 15) is 14.9 Å². The Morgan fingerprint density at radius 3 is 2.62 bits per heavy atom. The first-order chi connectivity index (χ1) is 7.47. The first kappa shape index (κ1) is 11.8. The van der Waals surface area contributed by atoms with Crippen LogP contribution in [0.5, 0.6) is 0 Å². The van der Waals surface area contributed by atoms with E-state index in [4.69, 9.17) is 5.41 Å². The maximum absolute atomic E-state index is 11.1. The quantitative estimate of drug-likeness (QED) is 0.477. The molecule has 0 saturated carbocycles. The number of nitrogens with one attached hydrogen (secondary N) is 1. The molecule has 16 heavy (non-hydrogen) atoms. The van der Waals surface area contributed by atoms with E-state index >= 15 is 0 Å². The molecule has 0 unspecified atom stereocenters. The lowest BCUT2D eigenvalue weighted by molar-refractivity contribution is -0.384. The molecule has 0 heterocycles. The van der Waals surface area contributed by atoms with Gasteiger partial charge in [-0.15, -0.1) is 0 Å². The van der Waals surface area contributed by atoms with Gasteiger partial charge in [0.25, 0.3) is 5.69 Å². The first-order valence-corrected chi connectivity index (χ1v) is 4.50. The molecule has 0 aliphatic carbocycles. The summed E-state index contributed by atoms with van der Waals surface area (Å²) in [5, 5.41) is 17.7. The lowest BCUT2D eigenvalue weighted by Crippen LogP contribution is -2.24. The van der Waals surface area contributed by atoms with Gasteiger partial charge in [-0.3, -0.25) is 14.9 Å². The van der Waals surface area contributed by atoms with E-state index in [0.717, 1.165) is 6.21 Å². The van der Waals surface area contributed by atoms with E-state index < -0.39 is 4.92 Å². The maximum atomic E-state index is 11.1. The largest absolute Gasteiger partial charge is 0.315 e. The van der Waals surface area contributed by atoms with Crippen LogP contribution in [0.4, 0.5) is 11.4 Å². The second kappa shape index (κ2) is 4.52. The molecular formula is C10H11N3O3. The van der Waals surface area contributed by atoms with Crippen molar-refractivity contribution in [2.75, 3.05) is 11.9 Å². The zero-order valence-corrected chi connectivity index (χ0v) is 8.93. The molecule has 0 atom stereocenters. The van der Waals surface area contributed by atoms with Crippen LogP contribution in [0, 0.1) is 15.5 Å². The molecule has 0 bridgehead atoms. The number of benzene rings is 1. The Morgan fingerprint density at radius 2 is 2.19 bits per heavy atom. The number of hydrogen-bond donors (Lipinski definition) is 1. The van der Waals surface area contributed by atoms with Crippen LogP contribution in [-0.2, 0) is 4.79 Å². The topological polar surface area (TPSA) is 87.3 Å². The van der Waals surface area contributed by atoms with Gasteiger partial charge in [0.05, 0.1) is 10.6 Å². The fourth-order valence-corrected chi connectivity index (χ4v) is 1.25. The van der Waals surface area contributed by atoms with Crippen molar-refractivity contribution in [1.82, 2.24) is 0 Å². The lowest BCUT2D eigenvalue weighted by Gasteiger charge is -2.16. The summed E-state index contributed by atoms with van der Waals surface area (Å²) in [5.41, 5.74) is 0.721. The fourth-order valence-electron chi connectivity index (χ4n) is 1.25. The third kappa shape index (κ3) is 2.22. The molecule has 6 heteroatoms. The average Bonchev–Trinajstić information content (AvgIpc) is 2.26. The van der Waals surface area contributed by atoms with Crippen LogP contribution in [0.15, 0.2) is 18.2 Å². The Kier molecular flexibility index (Phi) is 3.34. The highest BCUT2D eigenvalue weighted by molar-refractivity contribution is 5.97. The third-order valence-corrected chi connectivity index (χ3v) is 2.21. The summed E-state index contributed by atoms with van der Waals surface area (Å²) in [6, 6.07) is 4.03. The van der Waals surface area contributed by atoms with E-state index in [0.29, 0.717) is 11.3 Å². The number of anilines is 1. The summed E-state index contributed by atoms with van der Waals surface area (Å²) < 4.78 is 0. The monoisotopic (exact) mass is 221 g/mol. The molecule has 1 rings (SSSR count). The first-order valence-electron chi connectivity index (χ1n) is 4.50. The normalized spacial score (nSPS) is 9.62. The number of nitrogens with zero attached hydrogens (tertiary/aromatic N) is 2. The lowest BCUT2D eigenvalue weighted by atomic mass is 10.1. The minimum atomic E-state index is -0.537. The molecule has 0 saturated heterocycles. The number of carbonyl (C=O) groups is 1. The minimum absolute atomic E-state index is 0.0980. The van der Waals surface area contributed by atoms with Gasteiger partial charge in [-0.1, -0.05) is 0 Å². The van der Waals surface area contributed by atoms with Gasteiger partial charge in [-0.2, -0.15) is 0 Å². The summed E-state index contributed by atoms with van der Waals surface area (Å²) in [6.45, 7) is 1.38. The Labute approximate surface area is 92.2 Å². The number of hydrogen-bond acceptors (Lipinski definition) is 4. The minimum Gasteiger partial charge on any atom is -0.315 e. The van der Waals surface area contributed by atoms with Crippen molar-refractivity contribution in [2.45, 2.75) is 6.92 Å². The van der Waals surface area contributed by atoms with Crippen molar-refractivity contribution in [3.63, 3.8) is 0 Å². The summed E-state index contributed by atoms with van der Waals surface area (Å²) >= 11 is 0. The average molecular weight is 221 g/mol. The van der Waals surface area contributed by atoms with E-state index in [1.165, 1.54) is 30.0 Å². The molecule has 1 aromatic rings. The summed E-state index contributed by atoms with van der Waals surface area (Å²) in [4.78, 5) is 22.5. The molecule has 0 fully saturated rings. The Hall–Kier alpha value is -2.24. The summed E-state index contributed by atoms with van der Waals surface area (Å²) in [6.07, 6.45) is 0.988. The van der Waals surface area contributed by atoms with Crippen LogP contribution in [0.1, 0.15) is 12.5 Å². The van der Waals surface area contributed by atoms with Crippen LogP contribution >= 0.6 is 0 Å². The smallest absolute Gasteiger partial charge is 0.270 e. The van der Waals surface area contributed by atoms with Crippen molar-refractivity contribution < 1.29 is 9.72 Å². The summed E-state index contributed by atoms with van der Waals surface area (Å²) in [5.74, 6) is -0.197. The van der Waals surface area contributed by atoms with Gasteiger partial charge >= 0.3 is 0 Å².